The molecule has 4 aromatic carbocycles. The van der Waals surface area contributed by atoms with Crippen molar-refractivity contribution in [1.82, 2.24) is 0 Å². The van der Waals surface area contributed by atoms with Crippen molar-refractivity contribution in [3.8, 4) is 22.6 Å². The minimum absolute atomic E-state index is 0.461. The molecule has 0 unspecified atom stereocenters. The van der Waals surface area contributed by atoms with Gasteiger partial charge in [0.25, 0.3) is 0 Å². The number of fused-ring (bicyclic) bond motifs is 3. The van der Waals surface area contributed by atoms with Crippen molar-refractivity contribution in [3.63, 3.8) is 0 Å². The van der Waals surface area contributed by atoms with Gasteiger partial charge in [-0.15, -0.1) is 23.5 Å². The molecule has 0 atom stereocenters. The van der Waals surface area contributed by atoms with Crippen LogP contribution in [0.2, 0.25) is 0 Å². The Bertz CT molecular complexity index is 1310. The number of hydrogen-bond acceptors (Lipinski definition) is 4. The Balaban J connectivity index is 1.85. The molecule has 0 radical (unpaired) electrons. The molecule has 1 aliphatic rings. The number of ether oxygens (including phenoxy) is 2. The molecule has 0 spiro atoms. The second-order valence-corrected chi connectivity index (χ2v) is 10.6. The lowest BCUT2D eigenvalue weighted by molar-refractivity contribution is 0.362. The Hall–Kier alpha value is -3.34. The molecule has 1 aliphatic carbocycles. The summed E-state index contributed by atoms with van der Waals surface area (Å²) in [6.45, 7) is 8.57. The first kappa shape index (κ1) is 25.3. The fourth-order valence-corrected chi connectivity index (χ4v) is 6.06. The third kappa shape index (κ3) is 4.49. The molecule has 0 heterocycles. The second-order valence-electron chi connectivity index (χ2n) is 8.82. The van der Waals surface area contributed by atoms with Gasteiger partial charge in [0.1, 0.15) is 24.7 Å². The zero-order valence-corrected chi connectivity index (χ0v) is 22.8. The van der Waals surface area contributed by atoms with E-state index in [-0.39, 0.29) is 0 Å². The van der Waals surface area contributed by atoms with E-state index >= 15 is 0 Å². The highest BCUT2D eigenvalue weighted by atomic mass is 32.2. The molecule has 2 nitrogen and oxygen atoms in total. The van der Waals surface area contributed by atoms with Crippen molar-refractivity contribution in [1.29, 1.82) is 0 Å². The topological polar surface area (TPSA) is 18.5 Å². The van der Waals surface area contributed by atoms with E-state index in [1.807, 2.05) is 0 Å². The summed E-state index contributed by atoms with van der Waals surface area (Å²) in [5.74, 6) is 1.67. The summed E-state index contributed by atoms with van der Waals surface area (Å²) in [5.41, 5.74) is 6.73. The van der Waals surface area contributed by atoms with Gasteiger partial charge in [0.15, 0.2) is 0 Å². The zero-order valence-electron chi connectivity index (χ0n) is 21.2. The Kier molecular flexibility index (Phi) is 7.50. The first-order valence-electron chi connectivity index (χ1n) is 12.2. The minimum Gasteiger partial charge on any atom is -0.490 e. The van der Waals surface area contributed by atoms with Gasteiger partial charge in [-0.05, 0) is 94.4 Å². The van der Waals surface area contributed by atoms with Crippen LogP contribution >= 0.6 is 23.5 Å². The van der Waals surface area contributed by atoms with Crippen LogP contribution < -0.4 is 9.47 Å². The smallest absolute Gasteiger partial charge is 0.120 e. The van der Waals surface area contributed by atoms with E-state index in [9.17, 15) is 0 Å². The van der Waals surface area contributed by atoms with Crippen LogP contribution in [0.5, 0.6) is 11.5 Å². The Labute approximate surface area is 228 Å². The summed E-state index contributed by atoms with van der Waals surface area (Å²) >= 11 is 3.50. The highest BCUT2D eigenvalue weighted by Gasteiger charge is 2.46. The van der Waals surface area contributed by atoms with Gasteiger partial charge in [-0.2, -0.15) is 0 Å². The van der Waals surface area contributed by atoms with Gasteiger partial charge < -0.3 is 9.47 Å². The molecule has 0 fully saturated rings. The van der Waals surface area contributed by atoms with Crippen molar-refractivity contribution in [2.45, 2.75) is 15.2 Å². The maximum absolute atomic E-state index is 6.03. The maximum Gasteiger partial charge on any atom is 0.120 e. The second kappa shape index (κ2) is 11.0. The third-order valence-corrected chi connectivity index (χ3v) is 8.35. The quantitative estimate of drug-likeness (QED) is 0.135. The average Bonchev–Trinajstić information content (AvgIpc) is 3.24. The van der Waals surface area contributed by atoms with Crippen molar-refractivity contribution in [2.24, 2.45) is 0 Å². The van der Waals surface area contributed by atoms with E-state index in [2.05, 4.69) is 111 Å². The molecule has 0 aliphatic heterocycles. The summed E-state index contributed by atoms with van der Waals surface area (Å²) < 4.78 is 12.1. The number of hydrogen-bond donors (Lipinski definition) is 0. The lowest BCUT2D eigenvalue weighted by Crippen LogP contribution is -2.28. The zero-order chi connectivity index (χ0) is 25.8. The number of rotatable bonds is 10. The molecular formula is C33H30O2S2. The predicted molar refractivity (Wildman–Crippen MR) is 159 cm³/mol. The lowest BCUT2D eigenvalue weighted by atomic mass is 9.67. The van der Waals surface area contributed by atoms with Gasteiger partial charge >= 0.3 is 0 Å². The molecule has 37 heavy (non-hydrogen) atoms. The molecular weight excluding hydrogens is 492 g/mol. The molecule has 4 heteroatoms. The summed E-state index contributed by atoms with van der Waals surface area (Å²) in [5, 5.41) is 0. The average molecular weight is 523 g/mol. The lowest BCUT2D eigenvalue weighted by Gasteiger charge is -2.34. The maximum atomic E-state index is 6.03. The van der Waals surface area contributed by atoms with Crippen LogP contribution in [0.3, 0.4) is 0 Å². The first-order chi connectivity index (χ1) is 18.1. The van der Waals surface area contributed by atoms with Crippen molar-refractivity contribution >= 4 is 23.5 Å². The highest BCUT2D eigenvalue weighted by molar-refractivity contribution is 7.98. The van der Waals surface area contributed by atoms with Crippen molar-refractivity contribution in [2.75, 3.05) is 25.7 Å². The Morgan fingerprint density at radius 2 is 1.03 bits per heavy atom. The van der Waals surface area contributed by atoms with Gasteiger partial charge in [0.05, 0.1) is 5.41 Å². The SMILES string of the molecule is C=CCOc1ccc2c(c1)C(c1ccc(SC)cc1)(c1ccc(SC)cc1)c1cc(OCC=C)ccc1-2. The molecule has 0 amide bonds. The monoisotopic (exact) mass is 522 g/mol. The van der Waals surface area contributed by atoms with E-state index in [0.717, 1.165) is 11.5 Å². The molecule has 0 bridgehead atoms. The summed E-state index contributed by atoms with van der Waals surface area (Å²) in [4.78, 5) is 2.47. The van der Waals surface area contributed by atoms with Crippen LogP contribution in [-0.4, -0.2) is 25.7 Å². The molecule has 0 saturated carbocycles. The third-order valence-electron chi connectivity index (χ3n) is 6.86. The minimum atomic E-state index is -0.528. The van der Waals surface area contributed by atoms with Crippen LogP contribution in [0, 0.1) is 0 Å². The van der Waals surface area contributed by atoms with Crippen LogP contribution in [0.25, 0.3) is 11.1 Å². The van der Waals surface area contributed by atoms with Crippen LogP contribution in [0.4, 0.5) is 0 Å². The fourth-order valence-electron chi connectivity index (χ4n) is 5.24. The Morgan fingerprint density at radius 1 is 0.622 bits per heavy atom. The van der Waals surface area contributed by atoms with Gasteiger partial charge in [0, 0.05) is 9.79 Å². The normalized spacial score (nSPS) is 12.9. The van der Waals surface area contributed by atoms with Gasteiger partial charge in [0.2, 0.25) is 0 Å². The van der Waals surface area contributed by atoms with Crippen LogP contribution in [0.15, 0.2) is 120 Å². The predicted octanol–water partition coefficient (Wildman–Crippen LogP) is 8.62. The van der Waals surface area contributed by atoms with E-state index in [0.29, 0.717) is 13.2 Å². The van der Waals surface area contributed by atoms with Crippen LogP contribution in [-0.2, 0) is 5.41 Å². The van der Waals surface area contributed by atoms with E-state index in [4.69, 9.17) is 9.47 Å². The fraction of sp³-hybridized carbons (Fsp3) is 0.152. The van der Waals surface area contributed by atoms with E-state index in [1.165, 1.54) is 43.2 Å². The van der Waals surface area contributed by atoms with E-state index < -0.39 is 5.41 Å². The number of thioether (sulfide) groups is 2. The van der Waals surface area contributed by atoms with Crippen molar-refractivity contribution < 1.29 is 9.47 Å². The summed E-state index contributed by atoms with van der Waals surface area (Å²) in [6.07, 6.45) is 7.78. The standard InChI is InChI=1S/C33H30O2S2/c1-5-19-34-25-11-17-29-30-18-12-26(35-20-6-2)22-32(30)33(31(29)21-25,23-7-13-27(36-3)14-8-23)24-9-15-28(37-4)16-10-24/h5-18,21-22H,1-2,19-20H2,3-4H3. The van der Waals surface area contributed by atoms with Gasteiger partial charge in [-0.25, -0.2) is 0 Å². The molecule has 0 saturated heterocycles. The molecule has 0 aromatic heterocycles. The summed E-state index contributed by atoms with van der Waals surface area (Å²) in [6, 6.07) is 30.8. The molecule has 5 rings (SSSR count). The molecule has 0 N–H and O–H groups in total. The highest BCUT2D eigenvalue weighted by Crippen LogP contribution is 2.57. The summed E-state index contributed by atoms with van der Waals surface area (Å²) in [7, 11) is 0. The Morgan fingerprint density at radius 3 is 1.38 bits per heavy atom. The number of benzene rings is 4. The molecule has 186 valence electrons. The van der Waals surface area contributed by atoms with Gasteiger partial charge in [-0.1, -0.05) is 61.7 Å². The van der Waals surface area contributed by atoms with Gasteiger partial charge in [-0.3, -0.25) is 0 Å². The first-order valence-corrected chi connectivity index (χ1v) is 14.7. The van der Waals surface area contributed by atoms with Crippen molar-refractivity contribution in [3.05, 3.63) is 132 Å². The largest absolute Gasteiger partial charge is 0.490 e. The van der Waals surface area contributed by atoms with E-state index in [1.54, 1.807) is 35.7 Å². The van der Waals surface area contributed by atoms with Crippen LogP contribution in [0.1, 0.15) is 22.3 Å². The molecule has 4 aromatic rings.